The molecule has 2 aromatic carbocycles. The molecule has 0 fully saturated rings. The van der Waals surface area contributed by atoms with E-state index in [2.05, 4.69) is 0 Å². The molecule has 4 nitrogen and oxygen atoms in total. The zero-order valence-corrected chi connectivity index (χ0v) is 9.41. The standard InChI is InChI=1S/C14H12O4/c15-11-3-1-2-9(6-11)4-5-10-7-12(16)14(18)13(17)8-10/h1-8,15-18H/b5-4+. The quantitative estimate of drug-likeness (QED) is 0.483. The van der Waals surface area contributed by atoms with E-state index < -0.39 is 5.75 Å². The van der Waals surface area contributed by atoms with E-state index in [9.17, 15) is 20.4 Å². The number of phenolic OH excluding ortho intramolecular Hbond substituents is 4. The van der Waals surface area contributed by atoms with Crippen LogP contribution in [-0.2, 0) is 0 Å². The molecular formula is C14H12O4. The van der Waals surface area contributed by atoms with Gasteiger partial charge in [0.15, 0.2) is 17.2 Å². The van der Waals surface area contributed by atoms with Crippen molar-refractivity contribution in [1.29, 1.82) is 0 Å². The minimum Gasteiger partial charge on any atom is -0.508 e. The first kappa shape index (κ1) is 11.9. The van der Waals surface area contributed by atoms with E-state index in [-0.39, 0.29) is 17.2 Å². The summed E-state index contributed by atoms with van der Waals surface area (Å²) in [5, 5.41) is 37.2. The number of hydrogen-bond donors (Lipinski definition) is 4. The summed E-state index contributed by atoms with van der Waals surface area (Å²) in [6.45, 7) is 0. The average Bonchev–Trinajstić information content (AvgIpc) is 2.33. The first-order valence-electron chi connectivity index (χ1n) is 5.28. The topological polar surface area (TPSA) is 80.9 Å². The largest absolute Gasteiger partial charge is 0.508 e. The van der Waals surface area contributed by atoms with Gasteiger partial charge in [-0.15, -0.1) is 0 Å². The molecule has 0 aromatic heterocycles. The average molecular weight is 244 g/mol. The first-order valence-corrected chi connectivity index (χ1v) is 5.28. The number of benzene rings is 2. The van der Waals surface area contributed by atoms with Gasteiger partial charge in [-0.3, -0.25) is 0 Å². The van der Waals surface area contributed by atoms with Gasteiger partial charge >= 0.3 is 0 Å². The van der Waals surface area contributed by atoms with Crippen molar-refractivity contribution in [2.75, 3.05) is 0 Å². The molecule has 0 unspecified atom stereocenters. The third kappa shape index (κ3) is 2.55. The molecule has 92 valence electrons. The molecule has 0 aliphatic carbocycles. The summed E-state index contributed by atoms with van der Waals surface area (Å²) in [7, 11) is 0. The second-order valence-corrected chi connectivity index (χ2v) is 3.84. The lowest BCUT2D eigenvalue weighted by atomic mass is 10.1. The Morgan fingerprint density at radius 3 is 1.94 bits per heavy atom. The maximum absolute atomic E-state index is 9.34. The van der Waals surface area contributed by atoms with Crippen molar-refractivity contribution in [2.24, 2.45) is 0 Å². The van der Waals surface area contributed by atoms with Crippen molar-refractivity contribution < 1.29 is 20.4 Å². The lowest BCUT2D eigenvalue weighted by Gasteiger charge is -2.02. The molecule has 0 atom stereocenters. The summed E-state index contributed by atoms with van der Waals surface area (Å²) in [5.74, 6) is -1.14. The predicted molar refractivity (Wildman–Crippen MR) is 68.5 cm³/mol. The van der Waals surface area contributed by atoms with E-state index in [1.54, 1.807) is 36.4 Å². The van der Waals surface area contributed by atoms with Crippen LogP contribution in [0.3, 0.4) is 0 Å². The summed E-state index contributed by atoms with van der Waals surface area (Å²) in [4.78, 5) is 0. The fourth-order valence-corrected chi connectivity index (χ4v) is 1.54. The van der Waals surface area contributed by atoms with Gasteiger partial charge in [0.1, 0.15) is 5.75 Å². The van der Waals surface area contributed by atoms with Gasteiger partial charge in [-0.05, 0) is 35.4 Å². The molecule has 0 bridgehead atoms. The van der Waals surface area contributed by atoms with Gasteiger partial charge in [-0.25, -0.2) is 0 Å². The predicted octanol–water partition coefficient (Wildman–Crippen LogP) is 2.68. The molecule has 0 aliphatic rings. The van der Waals surface area contributed by atoms with Gasteiger partial charge in [0.05, 0.1) is 0 Å². The van der Waals surface area contributed by atoms with Crippen LogP contribution < -0.4 is 0 Å². The van der Waals surface area contributed by atoms with Crippen LogP contribution in [0.2, 0.25) is 0 Å². The van der Waals surface area contributed by atoms with E-state index in [4.69, 9.17) is 0 Å². The zero-order valence-electron chi connectivity index (χ0n) is 9.41. The van der Waals surface area contributed by atoms with E-state index in [1.165, 1.54) is 12.1 Å². The van der Waals surface area contributed by atoms with Crippen molar-refractivity contribution in [1.82, 2.24) is 0 Å². The summed E-state index contributed by atoms with van der Waals surface area (Å²) in [6, 6.07) is 9.31. The van der Waals surface area contributed by atoms with Crippen LogP contribution in [0.15, 0.2) is 36.4 Å². The van der Waals surface area contributed by atoms with Crippen LogP contribution >= 0.6 is 0 Å². The second kappa shape index (κ2) is 4.71. The number of hydrogen-bond acceptors (Lipinski definition) is 4. The first-order chi connectivity index (χ1) is 8.56. The van der Waals surface area contributed by atoms with Gasteiger partial charge in [0.25, 0.3) is 0 Å². The number of phenols is 4. The van der Waals surface area contributed by atoms with Crippen LogP contribution in [0.1, 0.15) is 11.1 Å². The van der Waals surface area contributed by atoms with Gasteiger partial charge < -0.3 is 20.4 Å². The maximum Gasteiger partial charge on any atom is 0.200 e. The minimum absolute atomic E-state index is 0.161. The molecule has 0 aliphatic heterocycles. The number of rotatable bonds is 2. The van der Waals surface area contributed by atoms with E-state index >= 15 is 0 Å². The molecule has 2 aromatic rings. The second-order valence-electron chi connectivity index (χ2n) is 3.84. The van der Waals surface area contributed by atoms with Crippen LogP contribution in [0.4, 0.5) is 0 Å². The van der Waals surface area contributed by atoms with Crippen molar-refractivity contribution in [3.05, 3.63) is 47.5 Å². The fourth-order valence-electron chi connectivity index (χ4n) is 1.54. The van der Waals surface area contributed by atoms with Gasteiger partial charge in [0.2, 0.25) is 0 Å². The van der Waals surface area contributed by atoms with Crippen LogP contribution in [0, 0.1) is 0 Å². The van der Waals surface area contributed by atoms with Crippen molar-refractivity contribution in [2.45, 2.75) is 0 Å². The third-order valence-electron chi connectivity index (χ3n) is 2.43. The Bertz CT molecular complexity index is 579. The Labute approximate surface area is 104 Å². The summed E-state index contributed by atoms with van der Waals surface area (Å²) in [5.41, 5.74) is 1.31. The molecule has 2 rings (SSSR count). The maximum atomic E-state index is 9.34. The molecule has 0 amide bonds. The van der Waals surface area contributed by atoms with Crippen molar-refractivity contribution in [3.8, 4) is 23.0 Å². The molecule has 0 heterocycles. The monoisotopic (exact) mass is 244 g/mol. The highest BCUT2D eigenvalue weighted by molar-refractivity contribution is 5.72. The van der Waals surface area contributed by atoms with Crippen molar-refractivity contribution in [3.63, 3.8) is 0 Å². The smallest absolute Gasteiger partial charge is 0.200 e. The minimum atomic E-state index is -0.537. The Hall–Kier alpha value is -2.62. The lowest BCUT2D eigenvalue weighted by molar-refractivity contribution is 0.368. The molecular weight excluding hydrogens is 232 g/mol. The highest BCUT2D eigenvalue weighted by Crippen LogP contribution is 2.35. The van der Waals surface area contributed by atoms with Crippen LogP contribution in [-0.4, -0.2) is 20.4 Å². The summed E-state index contributed by atoms with van der Waals surface area (Å²) < 4.78 is 0. The van der Waals surface area contributed by atoms with E-state index in [1.807, 2.05) is 0 Å². The van der Waals surface area contributed by atoms with Crippen LogP contribution in [0.25, 0.3) is 12.2 Å². The SMILES string of the molecule is Oc1cccc(/C=C/c2cc(O)c(O)c(O)c2)c1. The molecule has 0 saturated heterocycles. The van der Waals surface area contributed by atoms with Gasteiger partial charge in [-0.2, -0.15) is 0 Å². The van der Waals surface area contributed by atoms with E-state index in [0.717, 1.165) is 5.56 Å². The van der Waals surface area contributed by atoms with E-state index in [0.29, 0.717) is 5.56 Å². The Morgan fingerprint density at radius 2 is 1.33 bits per heavy atom. The fraction of sp³-hybridized carbons (Fsp3) is 0. The van der Waals surface area contributed by atoms with Crippen molar-refractivity contribution >= 4 is 12.2 Å². The Kier molecular flexibility index (Phi) is 3.10. The molecule has 18 heavy (non-hydrogen) atoms. The zero-order chi connectivity index (χ0) is 13.1. The molecule has 0 radical (unpaired) electrons. The Balaban J connectivity index is 2.29. The summed E-state index contributed by atoms with van der Waals surface area (Å²) >= 11 is 0. The normalized spacial score (nSPS) is 10.9. The molecule has 0 spiro atoms. The highest BCUT2D eigenvalue weighted by atomic mass is 16.3. The molecule has 4 N–H and O–H groups in total. The highest BCUT2D eigenvalue weighted by Gasteiger charge is 2.06. The Morgan fingerprint density at radius 1 is 0.722 bits per heavy atom. The van der Waals surface area contributed by atoms with Gasteiger partial charge in [0, 0.05) is 0 Å². The number of aromatic hydroxyl groups is 4. The van der Waals surface area contributed by atoms with Crippen LogP contribution in [0.5, 0.6) is 23.0 Å². The molecule has 0 saturated carbocycles. The summed E-state index contributed by atoms with van der Waals surface area (Å²) in [6.07, 6.45) is 3.36. The third-order valence-corrected chi connectivity index (χ3v) is 2.43. The van der Waals surface area contributed by atoms with Gasteiger partial charge in [-0.1, -0.05) is 24.3 Å². The molecule has 4 heteroatoms. The lowest BCUT2D eigenvalue weighted by Crippen LogP contribution is -1.76.